The molecule has 1 aromatic heterocycles. The predicted octanol–water partition coefficient (Wildman–Crippen LogP) is 0.232. The Morgan fingerprint density at radius 3 is 3.12 bits per heavy atom. The minimum absolute atomic E-state index is 0.114. The fourth-order valence-electron chi connectivity index (χ4n) is 1.39. The molecule has 7 heteroatoms. The van der Waals surface area contributed by atoms with Gasteiger partial charge in [-0.1, -0.05) is 11.3 Å². The van der Waals surface area contributed by atoms with Crippen molar-refractivity contribution in [1.82, 2.24) is 10.3 Å². The van der Waals surface area contributed by atoms with Crippen molar-refractivity contribution >= 4 is 28.3 Å². The second kappa shape index (κ2) is 4.28. The molecule has 0 saturated carbocycles. The largest absolute Gasteiger partial charge is 0.344 e. The van der Waals surface area contributed by atoms with E-state index in [0.29, 0.717) is 22.9 Å². The van der Waals surface area contributed by atoms with Crippen LogP contribution in [0.2, 0.25) is 0 Å². The van der Waals surface area contributed by atoms with Crippen molar-refractivity contribution in [3.05, 3.63) is 11.1 Å². The molecule has 0 spiro atoms. The molecule has 1 unspecified atom stereocenters. The minimum atomic E-state index is -0.484. The van der Waals surface area contributed by atoms with E-state index in [0.717, 1.165) is 11.3 Å². The summed E-state index contributed by atoms with van der Waals surface area (Å²) in [5.41, 5.74) is 0. The van der Waals surface area contributed by atoms with Crippen LogP contribution in [0, 0.1) is 11.3 Å². The Kier molecular flexibility index (Phi) is 2.83. The number of nitrogens with zero attached hydrogens (tertiary/aromatic N) is 2. The Labute approximate surface area is 95.3 Å². The first-order chi connectivity index (χ1) is 7.69. The molecule has 0 bridgehead atoms. The lowest BCUT2D eigenvalue weighted by Gasteiger charge is -2.07. The second-order valence-electron chi connectivity index (χ2n) is 3.29. The van der Waals surface area contributed by atoms with Crippen LogP contribution in [-0.4, -0.2) is 22.8 Å². The van der Waals surface area contributed by atoms with Gasteiger partial charge in [-0.15, -0.1) is 0 Å². The number of amides is 2. The van der Waals surface area contributed by atoms with E-state index >= 15 is 0 Å². The number of thiazole rings is 1. The summed E-state index contributed by atoms with van der Waals surface area (Å²) in [6, 6.07) is 1.45. The van der Waals surface area contributed by atoms with Crippen LogP contribution < -0.4 is 10.6 Å². The van der Waals surface area contributed by atoms with Crippen LogP contribution in [-0.2, 0) is 9.59 Å². The highest BCUT2D eigenvalue weighted by Gasteiger charge is 2.27. The van der Waals surface area contributed by atoms with Crippen LogP contribution in [0.25, 0.3) is 0 Å². The van der Waals surface area contributed by atoms with Crippen molar-refractivity contribution in [3.63, 3.8) is 0 Å². The van der Waals surface area contributed by atoms with E-state index in [9.17, 15) is 9.59 Å². The predicted molar refractivity (Wildman–Crippen MR) is 56.6 cm³/mol. The normalized spacial score (nSPS) is 18.9. The lowest BCUT2D eigenvalue weighted by atomic mass is 10.2. The summed E-state index contributed by atoms with van der Waals surface area (Å²) in [5, 5.41) is 14.1. The lowest BCUT2D eigenvalue weighted by molar-refractivity contribution is -0.122. The summed E-state index contributed by atoms with van der Waals surface area (Å²) < 4.78 is 0. The van der Waals surface area contributed by atoms with Gasteiger partial charge < -0.3 is 10.6 Å². The van der Waals surface area contributed by atoms with E-state index in [2.05, 4.69) is 15.6 Å². The monoisotopic (exact) mass is 236 g/mol. The highest BCUT2D eigenvalue weighted by atomic mass is 32.1. The summed E-state index contributed by atoms with van der Waals surface area (Å²) in [6.45, 7) is 0. The molecule has 1 aliphatic heterocycles. The van der Waals surface area contributed by atoms with Gasteiger partial charge in [0.15, 0.2) is 5.13 Å². The van der Waals surface area contributed by atoms with Crippen LogP contribution in [0.1, 0.15) is 17.7 Å². The minimum Gasteiger partial charge on any atom is -0.344 e. The van der Waals surface area contributed by atoms with Gasteiger partial charge >= 0.3 is 0 Å². The molecule has 2 N–H and O–H groups in total. The van der Waals surface area contributed by atoms with E-state index in [-0.39, 0.29) is 11.8 Å². The molecular weight excluding hydrogens is 228 g/mol. The van der Waals surface area contributed by atoms with Gasteiger partial charge in [-0.3, -0.25) is 9.59 Å². The SMILES string of the molecule is N#Cc1cnc(NC(=O)C2CCC(=O)N2)s1. The third-order valence-corrected chi connectivity index (χ3v) is 2.98. The molecule has 0 radical (unpaired) electrons. The average molecular weight is 236 g/mol. The summed E-state index contributed by atoms with van der Waals surface area (Å²) >= 11 is 1.10. The van der Waals surface area contributed by atoms with Crippen molar-refractivity contribution in [2.45, 2.75) is 18.9 Å². The van der Waals surface area contributed by atoms with Crippen LogP contribution in [0.3, 0.4) is 0 Å². The zero-order valence-electron chi connectivity index (χ0n) is 8.19. The molecule has 1 aliphatic rings. The first-order valence-electron chi connectivity index (χ1n) is 4.65. The highest BCUT2D eigenvalue weighted by molar-refractivity contribution is 7.16. The van der Waals surface area contributed by atoms with Gasteiger partial charge in [0, 0.05) is 6.42 Å². The average Bonchev–Trinajstić information content (AvgIpc) is 2.87. The van der Waals surface area contributed by atoms with Gasteiger partial charge in [0.1, 0.15) is 17.0 Å². The van der Waals surface area contributed by atoms with Crippen molar-refractivity contribution in [1.29, 1.82) is 5.26 Å². The molecule has 2 heterocycles. The van der Waals surface area contributed by atoms with Gasteiger partial charge in [0.2, 0.25) is 11.8 Å². The van der Waals surface area contributed by atoms with Crippen molar-refractivity contribution in [2.75, 3.05) is 5.32 Å². The summed E-state index contributed by atoms with van der Waals surface area (Å²) in [5.74, 6) is -0.401. The molecule has 1 fully saturated rings. The van der Waals surface area contributed by atoms with Crippen LogP contribution in [0.5, 0.6) is 0 Å². The second-order valence-corrected chi connectivity index (χ2v) is 4.32. The first-order valence-corrected chi connectivity index (χ1v) is 5.47. The lowest BCUT2D eigenvalue weighted by Crippen LogP contribution is -2.37. The molecule has 0 aliphatic carbocycles. The summed E-state index contributed by atoms with van der Waals surface area (Å²) in [6.07, 6.45) is 2.27. The Morgan fingerprint density at radius 2 is 2.56 bits per heavy atom. The third kappa shape index (κ3) is 2.17. The van der Waals surface area contributed by atoms with Gasteiger partial charge in [-0.2, -0.15) is 5.26 Å². The van der Waals surface area contributed by atoms with Gasteiger partial charge in [0.05, 0.1) is 6.20 Å². The number of anilines is 1. The molecule has 1 saturated heterocycles. The molecule has 1 aromatic rings. The first kappa shape index (κ1) is 10.6. The smallest absolute Gasteiger partial charge is 0.248 e. The summed E-state index contributed by atoms with van der Waals surface area (Å²) in [4.78, 5) is 26.8. The van der Waals surface area contributed by atoms with E-state index in [1.54, 1.807) is 0 Å². The fourth-order valence-corrected chi connectivity index (χ4v) is 2.00. The number of carbonyl (C=O) groups excluding carboxylic acids is 2. The topological polar surface area (TPSA) is 94.9 Å². The van der Waals surface area contributed by atoms with E-state index in [1.165, 1.54) is 6.20 Å². The van der Waals surface area contributed by atoms with Gasteiger partial charge in [-0.25, -0.2) is 4.98 Å². The quantitative estimate of drug-likeness (QED) is 0.768. The number of hydrogen-bond donors (Lipinski definition) is 2. The number of carbonyl (C=O) groups is 2. The molecule has 16 heavy (non-hydrogen) atoms. The summed E-state index contributed by atoms with van der Waals surface area (Å²) in [7, 11) is 0. The number of hydrogen-bond acceptors (Lipinski definition) is 5. The van der Waals surface area contributed by atoms with E-state index in [4.69, 9.17) is 5.26 Å². The van der Waals surface area contributed by atoms with Gasteiger partial charge in [-0.05, 0) is 6.42 Å². The number of rotatable bonds is 2. The molecule has 2 rings (SSSR count). The maximum atomic E-state index is 11.6. The van der Waals surface area contributed by atoms with Crippen molar-refractivity contribution in [2.24, 2.45) is 0 Å². The van der Waals surface area contributed by atoms with E-state index in [1.807, 2.05) is 6.07 Å². The maximum absolute atomic E-state index is 11.6. The Morgan fingerprint density at radius 1 is 1.75 bits per heavy atom. The number of nitriles is 1. The maximum Gasteiger partial charge on any atom is 0.248 e. The Bertz CT molecular complexity index is 476. The molecule has 6 nitrogen and oxygen atoms in total. The number of nitrogens with one attached hydrogen (secondary N) is 2. The van der Waals surface area contributed by atoms with Crippen molar-refractivity contribution in [3.8, 4) is 6.07 Å². The fraction of sp³-hybridized carbons (Fsp3) is 0.333. The molecule has 1 atom stereocenters. The van der Waals surface area contributed by atoms with Crippen LogP contribution in [0.4, 0.5) is 5.13 Å². The third-order valence-electron chi connectivity index (χ3n) is 2.16. The zero-order chi connectivity index (χ0) is 11.5. The van der Waals surface area contributed by atoms with Crippen molar-refractivity contribution < 1.29 is 9.59 Å². The molecule has 82 valence electrons. The zero-order valence-corrected chi connectivity index (χ0v) is 9.00. The molecule has 0 aromatic carbocycles. The Balaban J connectivity index is 1.97. The van der Waals surface area contributed by atoms with E-state index < -0.39 is 6.04 Å². The van der Waals surface area contributed by atoms with Crippen LogP contribution >= 0.6 is 11.3 Å². The standard InChI is InChI=1S/C9H8N4O2S/c10-3-5-4-11-9(16-5)13-8(15)6-1-2-7(14)12-6/h4,6H,1-2H2,(H,12,14)(H,11,13,15). The Hall–Kier alpha value is -1.94. The number of aromatic nitrogens is 1. The molecular formula is C9H8N4O2S. The highest BCUT2D eigenvalue weighted by Crippen LogP contribution is 2.18. The van der Waals surface area contributed by atoms with Gasteiger partial charge in [0.25, 0.3) is 0 Å². The molecule has 2 amide bonds. The van der Waals surface area contributed by atoms with Crippen LogP contribution in [0.15, 0.2) is 6.20 Å².